The van der Waals surface area contributed by atoms with Crippen molar-refractivity contribution in [2.24, 2.45) is 10.2 Å². The van der Waals surface area contributed by atoms with Crippen molar-refractivity contribution in [1.29, 1.82) is 0 Å². The summed E-state index contributed by atoms with van der Waals surface area (Å²) in [6.45, 7) is 17.7. The van der Waals surface area contributed by atoms with Gasteiger partial charge in [0, 0.05) is 44.0 Å². The largest absolute Gasteiger partial charge is 0.507 e. The number of fused-ring (bicyclic) bond motifs is 1. The molecule has 4 rings (SSSR count). The third-order valence-electron chi connectivity index (χ3n) is 4.80. The highest BCUT2D eigenvalue weighted by atomic mass is 16.3. The van der Waals surface area contributed by atoms with E-state index in [9.17, 15) is 5.11 Å². The lowest BCUT2D eigenvalue weighted by molar-refractivity contribution is 0.355. The fourth-order valence-corrected chi connectivity index (χ4v) is 3.22. The lowest BCUT2D eigenvalue weighted by Crippen LogP contribution is -2.45. The minimum Gasteiger partial charge on any atom is -0.507 e. The normalized spacial score (nSPS) is 14.1. The van der Waals surface area contributed by atoms with Crippen LogP contribution in [0.1, 0.15) is 46.6 Å². The number of aromatic hydroxyl groups is 1. The number of phenolic OH excluding ortho intramolecular Hbond substituents is 1. The Kier molecular flexibility index (Phi) is 10.9. The predicted octanol–water partition coefficient (Wildman–Crippen LogP) is 4.18. The molecule has 0 amide bonds. The van der Waals surface area contributed by atoms with Crippen LogP contribution in [0.5, 0.6) is 5.75 Å². The molecule has 34 heavy (non-hydrogen) atoms. The number of aromatic nitrogens is 4. The second-order valence-electron chi connectivity index (χ2n) is 7.34. The molecule has 0 spiro atoms. The number of amidine groups is 1. The van der Waals surface area contributed by atoms with Gasteiger partial charge >= 0.3 is 0 Å². The number of hydrogen-bond donors (Lipinski definition) is 2. The maximum atomic E-state index is 10.6. The first-order valence-electron chi connectivity index (χ1n) is 11.8. The molecule has 0 bridgehead atoms. The van der Waals surface area contributed by atoms with Gasteiger partial charge in [-0.3, -0.25) is 0 Å². The van der Waals surface area contributed by atoms with E-state index in [1.54, 1.807) is 35.3 Å². The molecule has 9 heteroatoms. The lowest BCUT2D eigenvalue weighted by atomic mass is 10.1. The molecule has 0 atom stereocenters. The average molecular weight is 465 g/mol. The molecule has 1 fully saturated rings. The van der Waals surface area contributed by atoms with Gasteiger partial charge in [0.1, 0.15) is 17.9 Å². The summed E-state index contributed by atoms with van der Waals surface area (Å²) in [5.41, 5.74) is 2.40. The second kappa shape index (κ2) is 13.8. The summed E-state index contributed by atoms with van der Waals surface area (Å²) in [6.07, 6.45) is 7.68. The number of rotatable bonds is 4. The average Bonchev–Trinajstić information content (AvgIpc) is 3.31. The number of allylic oxidation sites excluding steroid dienone is 1. The van der Waals surface area contributed by atoms with Crippen molar-refractivity contribution in [1.82, 2.24) is 30.0 Å². The Morgan fingerprint density at radius 3 is 2.53 bits per heavy atom. The van der Waals surface area contributed by atoms with Gasteiger partial charge in [-0.15, -0.1) is 10.2 Å². The van der Waals surface area contributed by atoms with E-state index < -0.39 is 0 Å². The smallest absolute Gasteiger partial charge is 0.166 e. The van der Waals surface area contributed by atoms with Gasteiger partial charge < -0.3 is 15.3 Å². The molecule has 3 heterocycles. The Hall–Kier alpha value is -3.59. The number of benzene rings is 1. The van der Waals surface area contributed by atoms with Crippen molar-refractivity contribution >= 4 is 22.6 Å². The van der Waals surface area contributed by atoms with Crippen molar-refractivity contribution in [2.45, 2.75) is 41.0 Å². The highest BCUT2D eigenvalue weighted by molar-refractivity contribution is 6.10. The fourth-order valence-electron chi connectivity index (χ4n) is 3.22. The van der Waals surface area contributed by atoms with Crippen molar-refractivity contribution in [3.8, 4) is 11.4 Å². The highest BCUT2D eigenvalue weighted by Crippen LogP contribution is 2.24. The van der Waals surface area contributed by atoms with Gasteiger partial charge in [0.15, 0.2) is 5.65 Å². The van der Waals surface area contributed by atoms with E-state index in [1.807, 2.05) is 26.8 Å². The standard InChI is InChI=1S/C20H22N8O.C3H8.C2H6/c1-3-18(26-25-14(2)27-8-6-21-7-9-27)17-5-4-16(10-19(17)29)28-20-15(12-24-28)11-22-13-23-20;1-3-2;1-2/h3-5,10-13,21,29H,1,6-9H2,2H3;3H2,1-2H3;1-2H3/b25-14+,26-18+;;. The molecule has 1 saturated heterocycles. The van der Waals surface area contributed by atoms with E-state index in [1.165, 1.54) is 12.7 Å². The molecule has 182 valence electrons. The molecule has 3 aromatic rings. The van der Waals surface area contributed by atoms with E-state index in [0.717, 1.165) is 37.4 Å². The quantitative estimate of drug-likeness (QED) is 0.341. The molecule has 0 aliphatic carbocycles. The zero-order valence-corrected chi connectivity index (χ0v) is 20.9. The van der Waals surface area contributed by atoms with Crippen LogP contribution >= 0.6 is 0 Å². The SMILES string of the molecule is C=C/C(=N\N=C(/C)N1CCNCC1)c1ccc(-n2ncc3cncnc32)cc1O.CC.CCC. The van der Waals surface area contributed by atoms with Crippen molar-refractivity contribution in [3.63, 3.8) is 0 Å². The molecule has 2 N–H and O–H groups in total. The number of piperazine rings is 1. The molecular formula is C25H36N8O. The predicted molar refractivity (Wildman–Crippen MR) is 140 cm³/mol. The van der Waals surface area contributed by atoms with E-state index in [0.29, 0.717) is 22.6 Å². The third-order valence-corrected chi connectivity index (χ3v) is 4.80. The number of nitrogens with zero attached hydrogens (tertiary/aromatic N) is 7. The van der Waals surface area contributed by atoms with Gasteiger partial charge in [-0.2, -0.15) is 5.10 Å². The molecule has 0 saturated carbocycles. The molecule has 1 aliphatic rings. The van der Waals surface area contributed by atoms with Crippen LogP contribution in [0.25, 0.3) is 16.7 Å². The first kappa shape index (κ1) is 26.7. The van der Waals surface area contributed by atoms with Gasteiger partial charge in [0.05, 0.1) is 23.0 Å². The van der Waals surface area contributed by atoms with Crippen LogP contribution in [-0.2, 0) is 0 Å². The van der Waals surface area contributed by atoms with Gasteiger partial charge in [-0.05, 0) is 25.1 Å². The maximum absolute atomic E-state index is 10.6. The van der Waals surface area contributed by atoms with Crippen molar-refractivity contribution in [2.75, 3.05) is 26.2 Å². The van der Waals surface area contributed by atoms with Gasteiger partial charge in [0.25, 0.3) is 0 Å². The summed E-state index contributed by atoms with van der Waals surface area (Å²) in [6, 6.07) is 5.24. The summed E-state index contributed by atoms with van der Waals surface area (Å²) >= 11 is 0. The topological polar surface area (TPSA) is 104 Å². The van der Waals surface area contributed by atoms with Crippen LogP contribution in [0.3, 0.4) is 0 Å². The molecule has 0 unspecified atom stereocenters. The van der Waals surface area contributed by atoms with E-state index in [-0.39, 0.29) is 5.75 Å². The number of nitrogens with one attached hydrogen (secondary N) is 1. The van der Waals surface area contributed by atoms with Crippen LogP contribution in [0.2, 0.25) is 0 Å². The van der Waals surface area contributed by atoms with Crippen LogP contribution in [-0.4, -0.2) is 67.5 Å². The first-order chi connectivity index (χ1) is 16.6. The zero-order chi connectivity index (χ0) is 24.9. The molecule has 1 aliphatic heterocycles. The first-order valence-corrected chi connectivity index (χ1v) is 11.8. The monoisotopic (exact) mass is 464 g/mol. The van der Waals surface area contributed by atoms with Gasteiger partial charge in [0.2, 0.25) is 0 Å². The van der Waals surface area contributed by atoms with Crippen LogP contribution in [0, 0.1) is 0 Å². The molecular weight excluding hydrogens is 428 g/mol. The molecule has 0 radical (unpaired) electrons. The summed E-state index contributed by atoms with van der Waals surface area (Å²) in [5.74, 6) is 0.901. The van der Waals surface area contributed by atoms with Crippen LogP contribution < -0.4 is 5.32 Å². The minimum atomic E-state index is 0.0638. The van der Waals surface area contributed by atoms with E-state index >= 15 is 0 Å². The lowest BCUT2D eigenvalue weighted by Gasteiger charge is -2.28. The van der Waals surface area contributed by atoms with Crippen LogP contribution in [0.15, 0.2) is 59.8 Å². The third kappa shape index (κ3) is 6.71. The molecule has 2 aromatic heterocycles. The molecule has 1 aromatic carbocycles. The number of phenols is 1. The number of hydrogen-bond acceptors (Lipinski definition) is 7. The second-order valence-corrected chi connectivity index (χ2v) is 7.34. The minimum absolute atomic E-state index is 0.0638. The Bertz CT molecular complexity index is 1110. The summed E-state index contributed by atoms with van der Waals surface area (Å²) in [7, 11) is 0. The van der Waals surface area contributed by atoms with Crippen LogP contribution in [0.4, 0.5) is 0 Å². The summed E-state index contributed by atoms with van der Waals surface area (Å²) in [5, 5.41) is 27.7. The summed E-state index contributed by atoms with van der Waals surface area (Å²) in [4.78, 5) is 10.4. The fraction of sp³-hybridized carbons (Fsp3) is 0.400. The van der Waals surface area contributed by atoms with Gasteiger partial charge in [-0.25, -0.2) is 14.6 Å². The molecule has 9 nitrogen and oxygen atoms in total. The Balaban J connectivity index is 0.000000758. The Morgan fingerprint density at radius 2 is 1.88 bits per heavy atom. The highest BCUT2D eigenvalue weighted by Gasteiger charge is 2.13. The Morgan fingerprint density at radius 1 is 1.18 bits per heavy atom. The van der Waals surface area contributed by atoms with Crippen molar-refractivity contribution < 1.29 is 5.11 Å². The van der Waals surface area contributed by atoms with Crippen molar-refractivity contribution in [3.05, 3.63) is 55.1 Å². The van der Waals surface area contributed by atoms with Gasteiger partial charge in [-0.1, -0.05) is 40.7 Å². The zero-order valence-electron chi connectivity index (χ0n) is 20.9. The summed E-state index contributed by atoms with van der Waals surface area (Å²) < 4.78 is 1.65. The Labute approximate surface area is 202 Å². The van der Waals surface area contributed by atoms with E-state index in [2.05, 4.69) is 55.9 Å². The maximum Gasteiger partial charge on any atom is 0.166 e. The van der Waals surface area contributed by atoms with E-state index in [4.69, 9.17) is 0 Å².